The van der Waals surface area contributed by atoms with Crippen LogP contribution in [-0.4, -0.2) is 16.3 Å². The van der Waals surface area contributed by atoms with Gasteiger partial charge in [0.2, 0.25) is 0 Å². The van der Waals surface area contributed by atoms with Gasteiger partial charge < -0.3 is 5.32 Å². The summed E-state index contributed by atoms with van der Waals surface area (Å²) in [6.07, 6.45) is 0.938. The average molecular weight is 372 g/mol. The molecule has 128 valence electrons. The van der Waals surface area contributed by atoms with Crippen molar-refractivity contribution >= 4 is 29.0 Å². The van der Waals surface area contributed by atoms with Crippen LogP contribution >= 0.6 is 23.2 Å². The van der Waals surface area contributed by atoms with Crippen LogP contribution in [0.5, 0.6) is 0 Å². The second-order valence-corrected chi connectivity index (χ2v) is 7.45. The lowest BCUT2D eigenvalue weighted by atomic mass is 10.0. The van der Waals surface area contributed by atoms with Crippen LogP contribution in [-0.2, 0) is 6.42 Å². The van der Waals surface area contributed by atoms with Crippen molar-refractivity contribution in [2.45, 2.75) is 26.2 Å². The SMILES string of the molecule is CC(C)c1ccccc1-n1nc(-c2ccc(Cl)cc2Cl)c2c1NCC2. The van der Waals surface area contributed by atoms with Crippen LogP contribution in [0.3, 0.4) is 0 Å². The molecule has 0 atom stereocenters. The van der Waals surface area contributed by atoms with Gasteiger partial charge in [-0.05, 0) is 42.2 Å². The Morgan fingerprint density at radius 2 is 1.92 bits per heavy atom. The first-order valence-corrected chi connectivity index (χ1v) is 9.22. The molecule has 25 heavy (non-hydrogen) atoms. The zero-order chi connectivity index (χ0) is 17.6. The normalized spacial score (nSPS) is 13.2. The van der Waals surface area contributed by atoms with E-state index in [4.69, 9.17) is 28.3 Å². The molecule has 1 N–H and O–H groups in total. The fourth-order valence-electron chi connectivity index (χ4n) is 3.42. The van der Waals surface area contributed by atoms with Crippen molar-refractivity contribution in [2.24, 2.45) is 0 Å². The molecule has 5 heteroatoms. The molecular weight excluding hydrogens is 353 g/mol. The predicted molar refractivity (Wildman–Crippen MR) is 105 cm³/mol. The van der Waals surface area contributed by atoms with Gasteiger partial charge in [-0.15, -0.1) is 0 Å². The second kappa shape index (κ2) is 6.40. The van der Waals surface area contributed by atoms with Crippen molar-refractivity contribution < 1.29 is 0 Å². The number of aromatic nitrogens is 2. The summed E-state index contributed by atoms with van der Waals surface area (Å²) in [5.74, 6) is 1.48. The predicted octanol–water partition coefficient (Wildman–Crippen LogP) is 5.94. The summed E-state index contributed by atoms with van der Waals surface area (Å²) < 4.78 is 2.03. The van der Waals surface area contributed by atoms with Gasteiger partial charge in [-0.2, -0.15) is 5.10 Å². The number of anilines is 1. The highest BCUT2D eigenvalue weighted by molar-refractivity contribution is 6.36. The Kier molecular flexibility index (Phi) is 4.22. The average Bonchev–Trinajstić information content (AvgIpc) is 3.18. The highest BCUT2D eigenvalue weighted by Crippen LogP contribution is 2.39. The molecule has 2 heterocycles. The molecule has 0 aliphatic carbocycles. The van der Waals surface area contributed by atoms with E-state index in [1.165, 1.54) is 11.1 Å². The van der Waals surface area contributed by atoms with Crippen LogP contribution in [0.2, 0.25) is 10.0 Å². The zero-order valence-corrected chi connectivity index (χ0v) is 15.7. The van der Waals surface area contributed by atoms with E-state index in [0.717, 1.165) is 35.7 Å². The highest BCUT2D eigenvalue weighted by Gasteiger charge is 2.26. The fourth-order valence-corrected chi connectivity index (χ4v) is 3.91. The van der Waals surface area contributed by atoms with Gasteiger partial charge in [0.15, 0.2) is 0 Å². The van der Waals surface area contributed by atoms with E-state index in [0.29, 0.717) is 16.0 Å². The highest BCUT2D eigenvalue weighted by atomic mass is 35.5. The minimum absolute atomic E-state index is 0.417. The summed E-state index contributed by atoms with van der Waals surface area (Å²) in [7, 11) is 0. The fraction of sp³-hybridized carbons (Fsp3) is 0.250. The first-order valence-electron chi connectivity index (χ1n) is 8.46. The summed E-state index contributed by atoms with van der Waals surface area (Å²) in [5.41, 5.74) is 5.45. The number of hydrogen-bond donors (Lipinski definition) is 1. The molecule has 0 bridgehead atoms. The van der Waals surface area contributed by atoms with E-state index in [2.05, 4.69) is 43.4 Å². The lowest BCUT2D eigenvalue weighted by molar-refractivity contribution is 0.812. The van der Waals surface area contributed by atoms with Gasteiger partial charge in [-0.1, -0.05) is 55.2 Å². The minimum atomic E-state index is 0.417. The molecule has 1 aliphatic heterocycles. The lowest BCUT2D eigenvalue weighted by Crippen LogP contribution is -2.07. The van der Waals surface area contributed by atoms with Crippen molar-refractivity contribution in [3.8, 4) is 16.9 Å². The van der Waals surface area contributed by atoms with Gasteiger partial charge in [0.25, 0.3) is 0 Å². The van der Waals surface area contributed by atoms with Gasteiger partial charge in [-0.3, -0.25) is 0 Å². The van der Waals surface area contributed by atoms with Crippen molar-refractivity contribution in [3.63, 3.8) is 0 Å². The molecular formula is C20H19Cl2N3. The topological polar surface area (TPSA) is 29.9 Å². The number of benzene rings is 2. The van der Waals surface area contributed by atoms with E-state index in [1.807, 2.05) is 16.8 Å². The summed E-state index contributed by atoms with van der Waals surface area (Å²) in [4.78, 5) is 0. The Labute approximate surface area is 157 Å². The molecule has 0 spiro atoms. The van der Waals surface area contributed by atoms with Gasteiger partial charge in [-0.25, -0.2) is 4.68 Å². The first-order chi connectivity index (χ1) is 12.1. The third-order valence-electron chi connectivity index (χ3n) is 4.62. The Balaban J connectivity index is 1.93. The molecule has 0 unspecified atom stereocenters. The Morgan fingerprint density at radius 3 is 2.68 bits per heavy atom. The van der Waals surface area contributed by atoms with Gasteiger partial charge in [0.1, 0.15) is 5.82 Å². The van der Waals surface area contributed by atoms with E-state index < -0.39 is 0 Å². The number of nitrogens with one attached hydrogen (secondary N) is 1. The largest absolute Gasteiger partial charge is 0.369 e. The van der Waals surface area contributed by atoms with Crippen molar-refractivity contribution in [1.29, 1.82) is 0 Å². The summed E-state index contributed by atoms with van der Waals surface area (Å²) >= 11 is 12.5. The summed E-state index contributed by atoms with van der Waals surface area (Å²) in [5, 5.41) is 9.68. The molecule has 1 aromatic heterocycles. The Hall–Kier alpha value is -1.97. The monoisotopic (exact) mass is 371 g/mol. The molecule has 4 rings (SSSR count). The summed E-state index contributed by atoms with van der Waals surface area (Å²) in [6.45, 7) is 5.31. The molecule has 0 saturated carbocycles. The zero-order valence-electron chi connectivity index (χ0n) is 14.2. The number of fused-ring (bicyclic) bond motifs is 1. The van der Waals surface area contributed by atoms with E-state index in [9.17, 15) is 0 Å². The van der Waals surface area contributed by atoms with Gasteiger partial charge >= 0.3 is 0 Å². The van der Waals surface area contributed by atoms with Crippen molar-refractivity contribution in [3.05, 3.63) is 63.6 Å². The molecule has 0 saturated heterocycles. The van der Waals surface area contributed by atoms with Crippen LogP contribution < -0.4 is 5.32 Å². The number of hydrogen-bond acceptors (Lipinski definition) is 2. The number of para-hydroxylation sites is 1. The Morgan fingerprint density at radius 1 is 1.12 bits per heavy atom. The smallest absolute Gasteiger partial charge is 0.133 e. The number of nitrogens with zero attached hydrogens (tertiary/aromatic N) is 2. The molecule has 1 aliphatic rings. The number of halogens is 2. The molecule has 2 aromatic carbocycles. The van der Waals surface area contributed by atoms with Crippen LogP contribution in [0, 0.1) is 0 Å². The van der Waals surface area contributed by atoms with Crippen LogP contribution in [0.4, 0.5) is 5.82 Å². The molecule has 3 nitrogen and oxygen atoms in total. The number of rotatable bonds is 3. The molecule has 0 radical (unpaired) electrons. The quantitative estimate of drug-likeness (QED) is 0.617. The molecule has 3 aromatic rings. The second-order valence-electron chi connectivity index (χ2n) is 6.60. The van der Waals surface area contributed by atoms with Crippen LogP contribution in [0.15, 0.2) is 42.5 Å². The van der Waals surface area contributed by atoms with Crippen molar-refractivity contribution in [2.75, 3.05) is 11.9 Å². The van der Waals surface area contributed by atoms with Crippen LogP contribution in [0.25, 0.3) is 16.9 Å². The van der Waals surface area contributed by atoms with E-state index in [1.54, 1.807) is 6.07 Å². The maximum Gasteiger partial charge on any atom is 0.133 e. The minimum Gasteiger partial charge on any atom is -0.369 e. The third-order valence-corrected chi connectivity index (χ3v) is 5.17. The maximum absolute atomic E-state index is 6.45. The van der Waals surface area contributed by atoms with Crippen LogP contribution in [0.1, 0.15) is 30.9 Å². The summed E-state index contributed by atoms with van der Waals surface area (Å²) in [6, 6.07) is 14.0. The van der Waals surface area contributed by atoms with Gasteiger partial charge in [0.05, 0.1) is 16.4 Å². The molecule has 0 amide bonds. The lowest BCUT2D eigenvalue weighted by Gasteiger charge is -2.14. The molecule has 0 fully saturated rings. The van der Waals surface area contributed by atoms with E-state index >= 15 is 0 Å². The van der Waals surface area contributed by atoms with E-state index in [-0.39, 0.29) is 0 Å². The maximum atomic E-state index is 6.45. The first kappa shape index (κ1) is 16.5. The standard InChI is InChI=1S/C20H19Cl2N3/c1-12(2)14-5-3-4-6-18(14)25-20-16(9-10-23-20)19(24-25)15-8-7-13(21)11-17(15)22/h3-8,11-12,23H,9-10H2,1-2H3. The van der Waals surface area contributed by atoms with Gasteiger partial charge in [0, 0.05) is 22.7 Å². The van der Waals surface area contributed by atoms with Crippen molar-refractivity contribution in [1.82, 2.24) is 9.78 Å². The Bertz CT molecular complexity index is 944. The third kappa shape index (κ3) is 2.82.